The molecule has 18 heavy (non-hydrogen) atoms. The predicted octanol–water partition coefficient (Wildman–Crippen LogP) is 1.83. The molecule has 2 unspecified atom stereocenters. The van der Waals surface area contributed by atoms with Crippen molar-refractivity contribution in [3.05, 3.63) is 0 Å². The highest BCUT2D eigenvalue weighted by Gasteiger charge is 2.21. The lowest BCUT2D eigenvalue weighted by Crippen LogP contribution is -2.32. The molecule has 0 radical (unpaired) electrons. The molecule has 1 amide bonds. The van der Waals surface area contributed by atoms with E-state index in [4.69, 9.17) is 10.5 Å². The Kier molecular flexibility index (Phi) is 8.01. The summed E-state index contributed by atoms with van der Waals surface area (Å²) in [5.74, 6) is 0.697. The Hall–Kier alpha value is -0.610. The van der Waals surface area contributed by atoms with Crippen LogP contribution in [0.2, 0.25) is 0 Å². The summed E-state index contributed by atoms with van der Waals surface area (Å²) in [5, 5.41) is 3.00. The Morgan fingerprint density at radius 2 is 2.17 bits per heavy atom. The van der Waals surface area contributed by atoms with Crippen molar-refractivity contribution in [2.45, 2.75) is 57.4 Å². The summed E-state index contributed by atoms with van der Waals surface area (Å²) in [6.45, 7) is 1.61. The molecule has 0 bridgehead atoms. The smallest absolute Gasteiger partial charge is 0.220 e. The van der Waals surface area contributed by atoms with Gasteiger partial charge in [0.15, 0.2) is 0 Å². The lowest BCUT2D eigenvalue weighted by Gasteiger charge is -2.26. The molecule has 0 aliphatic heterocycles. The number of hydrogen-bond acceptors (Lipinski definition) is 3. The number of carbonyl (C=O) groups excluding carboxylic acids is 1. The van der Waals surface area contributed by atoms with Gasteiger partial charge < -0.3 is 15.8 Å². The quantitative estimate of drug-likeness (QED) is 0.651. The van der Waals surface area contributed by atoms with E-state index in [1.165, 1.54) is 6.42 Å². The second-order valence-electron chi connectivity index (χ2n) is 5.40. The van der Waals surface area contributed by atoms with Gasteiger partial charge in [0.25, 0.3) is 0 Å². The molecule has 4 heteroatoms. The summed E-state index contributed by atoms with van der Waals surface area (Å²) in [7, 11) is 1.72. The van der Waals surface area contributed by atoms with E-state index in [1.807, 2.05) is 0 Å². The Morgan fingerprint density at radius 3 is 2.89 bits per heavy atom. The maximum absolute atomic E-state index is 11.7. The molecule has 106 valence electrons. The molecule has 1 aliphatic carbocycles. The van der Waals surface area contributed by atoms with Crippen LogP contribution < -0.4 is 11.1 Å². The fourth-order valence-electron chi connectivity index (χ4n) is 2.63. The van der Waals surface area contributed by atoms with Crippen molar-refractivity contribution in [2.75, 3.05) is 20.3 Å². The first-order chi connectivity index (χ1) is 8.72. The molecule has 1 aliphatic rings. The molecule has 0 aromatic carbocycles. The minimum atomic E-state index is 0.195. The van der Waals surface area contributed by atoms with E-state index < -0.39 is 0 Å². The van der Waals surface area contributed by atoms with Crippen molar-refractivity contribution in [1.82, 2.24) is 5.32 Å². The molecule has 0 saturated heterocycles. The number of rotatable bonds is 8. The van der Waals surface area contributed by atoms with E-state index in [9.17, 15) is 4.79 Å². The molecule has 0 heterocycles. The van der Waals surface area contributed by atoms with Crippen LogP contribution in [0.4, 0.5) is 0 Å². The van der Waals surface area contributed by atoms with E-state index in [2.05, 4.69) is 5.32 Å². The monoisotopic (exact) mass is 256 g/mol. The van der Waals surface area contributed by atoms with Crippen LogP contribution in [-0.4, -0.2) is 32.2 Å². The number of ether oxygens (including phenoxy) is 1. The van der Waals surface area contributed by atoms with Gasteiger partial charge in [0.05, 0.1) is 0 Å². The van der Waals surface area contributed by atoms with E-state index >= 15 is 0 Å². The highest BCUT2D eigenvalue weighted by Crippen LogP contribution is 2.25. The fourth-order valence-corrected chi connectivity index (χ4v) is 2.63. The molecular weight excluding hydrogens is 228 g/mol. The van der Waals surface area contributed by atoms with Crippen LogP contribution in [-0.2, 0) is 9.53 Å². The van der Waals surface area contributed by atoms with Gasteiger partial charge in [0, 0.05) is 32.7 Å². The first kappa shape index (κ1) is 15.4. The molecular formula is C14H28N2O2. The Bertz CT molecular complexity index is 234. The molecule has 0 spiro atoms. The summed E-state index contributed by atoms with van der Waals surface area (Å²) in [6.07, 6.45) is 8.36. The van der Waals surface area contributed by atoms with Crippen molar-refractivity contribution in [3.8, 4) is 0 Å². The van der Waals surface area contributed by atoms with Crippen LogP contribution in [0.15, 0.2) is 0 Å². The highest BCUT2D eigenvalue weighted by molar-refractivity contribution is 5.76. The SMILES string of the molecule is COCCCCCNC(=O)CC1CCCC(N)C1. The zero-order chi connectivity index (χ0) is 13.2. The molecule has 4 nitrogen and oxygen atoms in total. The number of unbranched alkanes of at least 4 members (excludes halogenated alkanes) is 2. The average Bonchev–Trinajstić information content (AvgIpc) is 2.33. The third kappa shape index (κ3) is 6.97. The summed E-state index contributed by atoms with van der Waals surface area (Å²) in [6, 6.07) is 0.311. The summed E-state index contributed by atoms with van der Waals surface area (Å²) < 4.78 is 4.98. The van der Waals surface area contributed by atoms with E-state index in [0.717, 1.165) is 51.7 Å². The Labute approximate surface area is 111 Å². The standard InChI is InChI=1S/C14H28N2O2/c1-18-9-4-2-3-8-16-14(17)11-12-6-5-7-13(15)10-12/h12-13H,2-11,15H2,1H3,(H,16,17). The first-order valence-corrected chi connectivity index (χ1v) is 7.23. The maximum Gasteiger partial charge on any atom is 0.220 e. The molecule has 2 atom stereocenters. The molecule has 0 aromatic rings. The van der Waals surface area contributed by atoms with Gasteiger partial charge in [-0.1, -0.05) is 6.42 Å². The molecule has 1 fully saturated rings. The summed E-state index contributed by atoms with van der Waals surface area (Å²) >= 11 is 0. The zero-order valence-corrected chi connectivity index (χ0v) is 11.6. The third-order valence-electron chi connectivity index (χ3n) is 3.64. The normalized spacial score (nSPS) is 23.9. The molecule has 3 N–H and O–H groups in total. The van der Waals surface area contributed by atoms with Gasteiger partial charge in [0.1, 0.15) is 0 Å². The van der Waals surface area contributed by atoms with Crippen molar-refractivity contribution < 1.29 is 9.53 Å². The van der Waals surface area contributed by atoms with Crippen LogP contribution in [0.5, 0.6) is 0 Å². The lowest BCUT2D eigenvalue weighted by molar-refractivity contribution is -0.122. The van der Waals surface area contributed by atoms with Crippen LogP contribution >= 0.6 is 0 Å². The summed E-state index contributed by atoms with van der Waals surface area (Å²) in [4.78, 5) is 11.7. The van der Waals surface area contributed by atoms with Gasteiger partial charge in [-0.15, -0.1) is 0 Å². The number of methoxy groups -OCH3 is 1. The van der Waals surface area contributed by atoms with Gasteiger partial charge in [-0.3, -0.25) is 4.79 Å². The number of nitrogens with two attached hydrogens (primary N) is 1. The largest absolute Gasteiger partial charge is 0.385 e. The maximum atomic E-state index is 11.7. The minimum Gasteiger partial charge on any atom is -0.385 e. The van der Waals surface area contributed by atoms with Gasteiger partial charge in [-0.05, 0) is 44.4 Å². The van der Waals surface area contributed by atoms with Crippen LogP contribution in [0, 0.1) is 5.92 Å². The van der Waals surface area contributed by atoms with Gasteiger partial charge in [-0.25, -0.2) is 0 Å². The third-order valence-corrected chi connectivity index (χ3v) is 3.64. The van der Waals surface area contributed by atoms with E-state index in [1.54, 1.807) is 7.11 Å². The molecule has 1 rings (SSSR count). The molecule has 1 saturated carbocycles. The van der Waals surface area contributed by atoms with Gasteiger partial charge in [-0.2, -0.15) is 0 Å². The number of carbonyl (C=O) groups is 1. The molecule has 0 aromatic heterocycles. The van der Waals surface area contributed by atoms with Gasteiger partial charge in [0.2, 0.25) is 5.91 Å². The summed E-state index contributed by atoms with van der Waals surface area (Å²) in [5.41, 5.74) is 5.93. The topological polar surface area (TPSA) is 64.3 Å². The Morgan fingerprint density at radius 1 is 1.33 bits per heavy atom. The second-order valence-corrected chi connectivity index (χ2v) is 5.40. The predicted molar refractivity (Wildman–Crippen MR) is 73.3 cm³/mol. The first-order valence-electron chi connectivity index (χ1n) is 7.23. The number of amides is 1. The highest BCUT2D eigenvalue weighted by atomic mass is 16.5. The van der Waals surface area contributed by atoms with E-state index in [-0.39, 0.29) is 5.91 Å². The van der Waals surface area contributed by atoms with Crippen LogP contribution in [0.25, 0.3) is 0 Å². The van der Waals surface area contributed by atoms with Crippen molar-refractivity contribution in [2.24, 2.45) is 11.7 Å². The van der Waals surface area contributed by atoms with Crippen molar-refractivity contribution in [1.29, 1.82) is 0 Å². The van der Waals surface area contributed by atoms with Crippen molar-refractivity contribution in [3.63, 3.8) is 0 Å². The van der Waals surface area contributed by atoms with Gasteiger partial charge >= 0.3 is 0 Å². The van der Waals surface area contributed by atoms with Crippen LogP contribution in [0.3, 0.4) is 0 Å². The van der Waals surface area contributed by atoms with Crippen LogP contribution in [0.1, 0.15) is 51.4 Å². The zero-order valence-electron chi connectivity index (χ0n) is 11.6. The lowest BCUT2D eigenvalue weighted by atomic mass is 9.84. The van der Waals surface area contributed by atoms with Crippen molar-refractivity contribution >= 4 is 5.91 Å². The average molecular weight is 256 g/mol. The van der Waals surface area contributed by atoms with E-state index in [0.29, 0.717) is 18.4 Å². The fraction of sp³-hybridized carbons (Fsp3) is 0.929. The minimum absolute atomic E-state index is 0.195. The number of nitrogens with one attached hydrogen (secondary N) is 1. The second kappa shape index (κ2) is 9.34. The Balaban J connectivity index is 1.99. The number of hydrogen-bond donors (Lipinski definition) is 2.